The molecular weight excluding hydrogens is 1390 g/mol. The van der Waals surface area contributed by atoms with E-state index in [2.05, 4.69) is 144 Å². The smallest absolute Gasteiger partial charge is 0.219 e. The number of aromatic amines is 1. The van der Waals surface area contributed by atoms with Crippen LogP contribution in [0.25, 0.3) is 66.1 Å². The highest BCUT2D eigenvalue weighted by molar-refractivity contribution is 6.76. The number of pyridine rings is 3. The summed E-state index contributed by atoms with van der Waals surface area (Å²) in [6.45, 7) is 24.1. The summed E-state index contributed by atoms with van der Waals surface area (Å²) >= 11 is 0. The summed E-state index contributed by atoms with van der Waals surface area (Å²) in [5.41, 5.74) is 8.98. The number of aromatic nitrogens is 9. The van der Waals surface area contributed by atoms with Gasteiger partial charge in [0.1, 0.15) is 37.0 Å². The van der Waals surface area contributed by atoms with Gasteiger partial charge in [-0.1, -0.05) is 101 Å². The first-order valence-electron chi connectivity index (χ1n) is 37.2. The molecule has 3 saturated heterocycles. The van der Waals surface area contributed by atoms with E-state index in [0.717, 1.165) is 189 Å². The van der Waals surface area contributed by atoms with Crippen molar-refractivity contribution in [3.63, 3.8) is 0 Å². The summed E-state index contributed by atoms with van der Waals surface area (Å²) in [5, 5.41) is 53.8. The highest BCUT2D eigenvalue weighted by atomic mass is 28.3. The summed E-state index contributed by atoms with van der Waals surface area (Å²) in [4.78, 5) is 29.2. The van der Waals surface area contributed by atoms with Gasteiger partial charge in [-0.3, -0.25) is 19.7 Å². The van der Waals surface area contributed by atoms with Crippen LogP contribution in [0.3, 0.4) is 0 Å². The van der Waals surface area contributed by atoms with Gasteiger partial charge in [0.2, 0.25) is 17.6 Å². The number of fused-ring (bicyclic) bond motifs is 3. The topological polar surface area (TPSA) is 245 Å². The lowest BCUT2D eigenvalue weighted by molar-refractivity contribution is 0.0790. The number of piperidine rings is 3. The van der Waals surface area contributed by atoms with Gasteiger partial charge in [-0.2, -0.15) is 15.3 Å². The maximum atomic E-state index is 10.9. The van der Waals surface area contributed by atoms with Gasteiger partial charge >= 0.3 is 0 Å². The van der Waals surface area contributed by atoms with Crippen molar-refractivity contribution >= 4 is 54.8 Å². The van der Waals surface area contributed by atoms with Crippen LogP contribution in [0, 0.1) is 0 Å². The van der Waals surface area contributed by atoms with E-state index in [0.29, 0.717) is 42.4 Å². The van der Waals surface area contributed by atoms with E-state index in [9.17, 15) is 15.0 Å². The second kappa shape index (κ2) is 38.4. The molecule has 0 saturated carbocycles. The Labute approximate surface area is 635 Å². The molecule has 0 aliphatic carbocycles. The van der Waals surface area contributed by atoms with Crippen LogP contribution in [0.4, 0.5) is 0 Å². The number of aldehydes is 1. The molecule has 108 heavy (non-hydrogen) atoms. The monoisotopic (exact) mass is 1490 g/mol. The molecule has 0 amide bonds. The fourth-order valence-corrected chi connectivity index (χ4v) is 14.2. The number of ether oxygens (including phenoxy) is 5. The molecule has 566 valence electrons. The number of carbonyl (C=O) groups excluding carboxylic acids is 1. The van der Waals surface area contributed by atoms with Crippen molar-refractivity contribution in [3.05, 3.63) is 218 Å². The summed E-state index contributed by atoms with van der Waals surface area (Å²) in [5.74, 6) is 3.84. The number of nitrogens with zero attached hydrogens (tertiary/aromatic N) is 10. The number of nitrogens with one attached hydrogen (secondary N) is 2. The third-order valence-corrected chi connectivity index (χ3v) is 22.5. The number of benzene rings is 6. The second-order valence-electron chi connectivity index (χ2n) is 30.1. The lowest BCUT2D eigenvalue weighted by atomic mass is 10.0. The summed E-state index contributed by atoms with van der Waals surface area (Å²) in [7, 11) is -2.22. The molecular formula is C85H104N12O9Si2. The van der Waals surface area contributed by atoms with Gasteiger partial charge in [0.05, 0.1) is 35.4 Å². The van der Waals surface area contributed by atoms with Gasteiger partial charge in [0, 0.05) is 146 Å². The first-order valence-corrected chi connectivity index (χ1v) is 44.6. The molecule has 3 aliphatic heterocycles. The molecule has 6 aromatic heterocycles. The first-order chi connectivity index (χ1) is 51.8. The van der Waals surface area contributed by atoms with Crippen molar-refractivity contribution < 1.29 is 43.8 Å². The van der Waals surface area contributed by atoms with Crippen molar-refractivity contribution in [3.8, 4) is 68.7 Å². The predicted molar refractivity (Wildman–Crippen MR) is 434 cm³/mol. The SMILES string of the molecule is C.C[Si](C)(C)CCOCn1nccc1-c1ccc(Oc2ccc3cc(C=O)ccc3c2)nc1.C[Si](C)(C)CCOCn1nccc1-c1ccc(Oc2ccc3cc(CN4CCC(O)CC4)ccc3c2)nc1.OC1CCN(Cc2ccc3cc(Oc4ccc(-c5ccn[nH]5)cn4)ccc3c2)CC1.OC1CCNCC1. The van der Waals surface area contributed by atoms with E-state index < -0.39 is 16.1 Å². The molecule has 0 atom stereocenters. The largest absolute Gasteiger partial charge is 0.439 e. The average Bonchev–Trinajstić information content (AvgIpc) is 1.14. The molecule has 21 nitrogen and oxygen atoms in total. The highest BCUT2D eigenvalue weighted by Crippen LogP contribution is 2.32. The molecule has 3 aliphatic rings. The Bertz CT molecular complexity index is 4760. The fraction of sp³-hybridized carbons (Fsp3) is 0.353. The molecule has 6 aromatic carbocycles. The van der Waals surface area contributed by atoms with Crippen molar-refractivity contribution in [2.45, 2.75) is 142 Å². The molecule has 0 unspecified atom stereocenters. The number of H-pyrrole nitrogens is 1. The molecule has 15 rings (SSSR count). The number of carbonyl (C=O) groups is 1. The maximum absolute atomic E-state index is 10.9. The average molecular weight is 1490 g/mol. The Morgan fingerprint density at radius 2 is 0.852 bits per heavy atom. The summed E-state index contributed by atoms with van der Waals surface area (Å²) in [6.07, 6.45) is 16.5. The van der Waals surface area contributed by atoms with E-state index in [-0.39, 0.29) is 25.7 Å². The zero-order valence-electron chi connectivity index (χ0n) is 62.3. The maximum Gasteiger partial charge on any atom is 0.219 e. The number of aliphatic hydroxyl groups is 3. The molecule has 9 heterocycles. The Morgan fingerprint density at radius 3 is 1.23 bits per heavy atom. The Kier molecular flexibility index (Phi) is 28.3. The lowest BCUT2D eigenvalue weighted by Gasteiger charge is -2.29. The Hall–Kier alpha value is -9.64. The standard InChI is InChI=1S/C30H38N4O3Si.C25H27N3O3Si.C24H24N4O2.C5H11NO.CH4/c1-38(2,3)17-16-36-22-34-29(10-13-32-34)26-7-9-30(31-20-26)37-28-8-6-24-18-23(4-5-25(24)19-28)21-33-14-11-27(35)12-15-33;1-32(2,3)13-12-30-18-28-24(10-11-27-28)22-7-9-25(26-16-22)31-23-8-6-20-14-19(17-29)4-5-21(20)15-23;29-21-8-11-28(12-9-21)16-17-1-2-19-14-22(5-3-18(19)13-17)30-24-6-4-20(15-25-24)23-7-10-26-27-23;7-5-1-3-6-4-2-5;/h4-10,13,18-20,27,35H,11-12,14-17,21-22H2,1-3H3;4-11,14-17H,12-13,18H2,1-3H3;1-7,10,13-15,21,29H,8-9,11-12,16H2,(H,26,27);5-7H,1-4H2;1H4. The normalized spacial score (nSPS) is 14.8. The van der Waals surface area contributed by atoms with Crippen molar-refractivity contribution in [2.75, 3.05) is 52.5 Å². The van der Waals surface area contributed by atoms with Gasteiger partial charge in [-0.15, -0.1) is 0 Å². The third-order valence-electron chi connectivity index (χ3n) is 19.1. The van der Waals surface area contributed by atoms with E-state index in [1.807, 2.05) is 119 Å². The third kappa shape index (κ3) is 23.9. The lowest BCUT2D eigenvalue weighted by Crippen LogP contribution is -2.35. The van der Waals surface area contributed by atoms with Crippen molar-refractivity contribution in [1.29, 1.82) is 0 Å². The number of likely N-dealkylation sites (tertiary alicyclic amines) is 2. The number of hydrogen-bond donors (Lipinski definition) is 5. The minimum Gasteiger partial charge on any atom is -0.439 e. The molecule has 0 bridgehead atoms. The van der Waals surface area contributed by atoms with Crippen molar-refractivity contribution in [2.24, 2.45) is 0 Å². The number of aliphatic hydroxyl groups excluding tert-OH is 3. The van der Waals surface area contributed by atoms with Crippen LogP contribution in [-0.4, -0.2) is 163 Å². The quantitative estimate of drug-likeness (QED) is 0.0214. The molecule has 0 spiro atoms. The van der Waals surface area contributed by atoms with E-state index in [1.165, 1.54) is 21.9 Å². The van der Waals surface area contributed by atoms with Gasteiger partial charge < -0.3 is 44.3 Å². The van der Waals surface area contributed by atoms with Crippen LogP contribution in [0.2, 0.25) is 51.4 Å². The van der Waals surface area contributed by atoms with E-state index in [4.69, 9.17) is 28.8 Å². The van der Waals surface area contributed by atoms with E-state index in [1.54, 1.807) is 37.1 Å². The van der Waals surface area contributed by atoms with Crippen LogP contribution in [0.1, 0.15) is 67.4 Å². The van der Waals surface area contributed by atoms with Crippen LogP contribution in [0.15, 0.2) is 201 Å². The first kappa shape index (κ1) is 79.4. The van der Waals surface area contributed by atoms with Gasteiger partial charge in [0.15, 0.2) is 0 Å². The van der Waals surface area contributed by atoms with Crippen LogP contribution >= 0.6 is 0 Å². The second-order valence-corrected chi connectivity index (χ2v) is 41.4. The minimum atomic E-state index is -1.11. The zero-order valence-corrected chi connectivity index (χ0v) is 64.3. The highest BCUT2D eigenvalue weighted by Gasteiger charge is 2.21. The minimum absolute atomic E-state index is 0. The molecule has 23 heteroatoms. The van der Waals surface area contributed by atoms with Crippen LogP contribution in [0.5, 0.6) is 34.9 Å². The number of hydrogen-bond acceptors (Lipinski definition) is 18. The Balaban J connectivity index is 0.000000154. The molecule has 5 N–H and O–H groups in total. The van der Waals surface area contributed by atoms with E-state index >= 15 is 0 Å². The van der Waals surface area contributed by atoms with Gasteiger partial charge in [-0.25, -0.2) is 24.3 Å². The van der Waals surface area contributed by atoms with Gasteiger partial charge in [-0.05, 0) is 198 Å². The van der Waals surface area contributed by atoms with Crippen LogP contribution < -0.4 is 19.5 Å². The molecule has 0 radical (unpaired) electrons. The van der Waals surface area contributed by atoms with Gasteiger partial charge in [0.25, 0.3) is 0 Å². The zero-order chi connectivity index (χ0) is 74.5. The fourth-order valence-electron chi connectivity index (χ4n) is 12.7. The van der Waals surface area contributed by atoms with Crippen molar-refractivity contribution in [1.82, 2.24) is 59.8 Å². The Morgan fingerprint density at radius 1 is 0.454 bits per heavy atom. The molecule has 3 fully saturated rings. The summed E-state index contributed by atoms with van der Waals surface area (Å²) in [6, 6.07) is 56.3. The predicted octanol–water partition coefficient (Wildman–Crippen LogP) is 16.9. The van der Waals surface area contributed by atoms with Crippen LogP contribution in [-0.2, 0) is 36.0 Å². The number of rotatable bonds is 24. The summed E-state index contributed by atoms with van der Waals surface area (Å²) < 4.78 is 33.4. The molecule has 12 aromatic rings.